The summed E-state index contributed by atoms with van der Waals surface area (Å²) < 4.78 is 27.7. The van der Waals surface area contributed by atoms with Crippen LogP contribution in [0.25, 0.3) is 0 Å². The number of anilines is 1. The number of carbonyl (C=O) groups excluding carboxylic acids is 1. The van der Waals surface area contributed by atoms with Gasteiger partial charge in [-0.05, 0) is 56.5 Å². The van der Waals surface area contributed by atoms with Crippen molar-refractivity contribution < 1.29 is 18.7 Å². The van der Waals surface area contributed by atoms with Crippen LogP contribution in [0.5, 0.6) is 5.75 Å². The first-order chi connectivity index (χ1) is 14.3. The van der Waals surface area contributed by atoms with Gasteiger partial charge in [-0.15, -0.1) is 0 Å². The summed E-state index contributed by atoms with van der Waals surface area (Å²) in [6.45, 7) is 6.36. The number of amides is 2. The summed E-state index contributed by atoms with van der Waals surface area (Å²) in [6, 6.07) is 11.0. The third kappa shape index (κ3) is 3.62. The second kappa shape index (κ2) is 7.87. The summed E-state index contributed by atoms with van der Waals surface area (Å²) in [5.74, 6) is -1.32. The summed E-state index contributed by atoms with van der Waals surface area (Å²) >= 11 is 0. The van der Waals surface area contributed by atoms with Crippen LogP contribution in [-0.2, 0) is 0 Å². The van der Waals surface area contributed by atoms with Gasteiger partial charge in [0.25, 0.3) is 0 Å². The lowest BCUT2D eigenvalue weighted by atomic mass is 9.62. The Balaban J connectivity index is 1.46. The molecule has 2 aromatic rings. The van der Waals surface area contributed by atoms with Crippen molar-refractivity contribution in [3.05, 3.63) is 59.7 Å². The van der Waals surface area contributed by atoms with Gasteiger partial charge in [0.05, 0.1) is 0 Å². The van der Waals surface area contributed by atoms with E-state index in [0.29, 0.717) is 19.1 Å². The van der Waals surface area contributed by atoms with Crippen molar-refractivity contribution in [2.45, 2.75) is 38.8 Å². The molecule has 1 spiro atoms. The maximum absolute atomic E-state index is 13.9. The Labute approximate surface area is 175 Å². The molecule has 0 saturated carbocycles. The van der Waals surface area contributed by atoms with Gasteiger partial charge in [-0.25, -0.2) is 13.6 Å². The second-order valence-corrected chi connectivity index (χ2v) is 8.64. The number of hydrogen-bond donors (Lipinski definition) is 2. The molecule has 0 bridgehead atoms. The standard InChI is InChI=1S/C23H27F2N3O2/c1-15(2)28-14-23(21(28)16-6-8-17(29)9-7-16)10-12-27(13-11-23)22(30)26-20-18(24)4-3-5-19(20)25/h3-9,15,21,29H,10-14H2,1-2H3,(H,26,30). The summed E-state index contributed by atoms with van der Waals surface area (Å²) in [5.41, 5.74) is 0.819. The molecule has 0 aliphatic carbocycles. The van der Waals surface area contributed by atoms with Crippen LogP contribution in [0.4, 0.5) is 19.3 Å². The van der Waals surface area contributed by atoms with E-state index in [1.54, 1.807) is 17.0 Å². The zero-order valence-electron chi connectivity index (χ0n) is 17.2. The first kappa shape index (κ1) is 20.6. The highest BCUT2D eigenvalue weighted by Gasteiger charge is 2.54. The van der Waals surface area contributed by atoms with Crippen LogP contribution in [-0.4, -0.2) is 46.6 Å². The Hall–Kier alpha value is -2.67. The Morgan fingerprint density at radius 2 is 1.70 bits per heavy atom. The zero-order chi connectivity index (χ0) is 21.5. The van der Waals surface area contributed by atoms with Gasteiger partial charge in [0.15, 0.2) is 0 Å². The van der Waals surface area contributed by atoms with Gasteiger partial charge in [-0.2, -0.15) is 0 Å². The Morgan fingerprint density at radius 1 is 1.10 bits per heavy atom. The molecule has 2 fully saturated rings. The zero-order valence-corrected chi connectivity index (χ0v) is 17.2. The van der Waals surface area contributed by atoms with Gasteiger partial charge in [0.2, 0.25) is 0 Å². The molecule has 7 heteroatoms. The van der Waals surface area contributed by atoms with Crippen LogP contribution < -0.4 is 5.32 Å². The lowest BCUT2D eigenvalue weighted by molar-refractivity contribution is -0.123. The molecule has 2 amide bonds. The maximum Gasteiger partial charge on any atom is 0.322 e. The third-order valence-corrected chi connectivity index (χ3v) is 6.52. The average Bonchev–Trinajstić information content (AvgIpc) is 2.71. The van der Waals surface area contributed by atoms with E-state index in [-0.39, 0.29) is 17.2 Å². The van der Waals surface area contributed by atoms with Crippen molar-refractivity contribution in [3.63, 3.8) is 0 Å². The number of nitrogens with one attached hydrogen (secondary N) is 1. The minimum atomic E-state index is -0.782. The second-order valence-electron chi connectivity index (χ2n) is 8.64. The quantitative estimate of drug-likeness (QED) is 0.761. The van der Waals surface area contributed by atoms with Crippen LogP contribution in [0.15, 0.2) is 42.5 Å². The van der Waals surface area contributed by atoms with Crippen LogP contribution in [0, 0.1) is 17.0 Å². The first-order valence-corrected chi connectivity index (χ1v) is 10.4. The molecule has 4 rings (SSSR count). The number of hydrogen-bond acceptors (Lipinski definition) is 3. The van der Waals surface area contributed by atoms with Crippen LogP contribution in [0.2, 0.25) is 0 Å². The van der Waals surface area contributed by atoms with E-state index < -0.39 is 23.4 Å². The molecule has 2 aromatic carbocycles. The number of para-hydroxylation sites is 1. The predicted octanol–water partition coefficient (Wildman–Crippen LogP) is 4.75. The Kier molecular flexibility index (Phi) is 5.40. The van der Waals surface area contributed by atoms with Crippen molar-refractivity contribution in [2.24, 2.45) is 5.41 Å². The first-order valence-electron chi connectivity index (χ1n) is 10.4. The van der Waals surface area contributed by atoms with Crippen LogP contribution in [0.3, 0.4) is 0 Å². The number of likely N-dealkylation sites (tertiary alicyclic amines) is 2. The van der Waals surface area contributed by atoms with Gasteiger partial charge in [0.1, 0.15) is 23.1 Å². The molecule has 30 heavy (non-hydrogen) atoms. The van der Waals surface area contributed by atoms with Crippen molar-refractivity contribution >= 4 is 11.7 Å². The number of carbonyl (C=O) groups is 1. The molecule has 2 saturated heterocycles. The summed E-state index contributed by atoms with van der Waals surface area (Å²) in [6.07, 6.45) is 1.63. The van der Waals surface area contributed by atoms with Gasteiger partial charge >= 0.3 is 6.03 Å². The predicted molar refractivity (Wildman–Crippen MR) is 111 cm³/mol. The summed E-state index contributed by atoms with van der Waals surface area (Å²) in [4.78, 5) is 16.7. The molecule has 1 atom stereocenters. The van der Waals surface area contributed by atoms with Gasteiger partial charge in [-0.1, -0.05) is 18.2 Å². The molecule has 5 nitrogen and oxygen atoms in total. The highest BCUT2D eigenvalue weighted by molar-refractivity contribution is 5.89. The normalized spacial score (nSPS) is 21.0. The molecule has 2 aliphatic rings. The van der Waals surface area contributed by atoms with E-state index in [0.717, 1.165) is 31.5 Å². The third-order valence-electron chi connectivity index (χ3n) is 6.52. The number of phenolic OH excluding ortho intramolecular Hbond substituents is 1. The van der Waals surface area contributed by atoms with Crippen molar-refractivity contribution in [1.29, 1.82) is 0 Å². The van der Waals surface area contributed by atoms with Gasteiger partial charge in [0, 0.05) is 37.1 Å². The Morgan fingerprint density at radius 3 is 2.27 bits per heavy atom. The highest BCUT2D eigenvalue weighted by Crippen LogP contribution is 2.55. The molecule has 2 aliphatic heterocycles. The van der Waals surface area contributed by atoms with Crippen molar-refractivity contribution in [3.8, 4) is 5.75 Å². The SMILES string of the molecule is CC(C)N1CC2(CCN(C(=O)Nc3c(F)cccc3F)CC2)C1c1ccc(O)cc1. The van der Waals surface area contributed by atoms with Crippen LogP contribution in [0.1, 0.15) is 38.3 Å². The maximum atomic E-state index is 13.9. The monoisotopic (exact) mass is 415 g/mol. The molecular formula is C23H27F2N3O2. The number of halogens is 2. The van der Waals surface area contributed by atoms with Gasteiger partial charge in [-0.3, -0.25) is 4.90 Å². The lowest BCUT2D eigenvalue weighted by Crippen LogP contribution is -2.64. The smallest absolute Gasteiger partial charge is 0.322 e. The van der Waals surface area contributed by atoms with E-state index in [2.05, 4.69) is 24.1 Å². The minimum absolute atomic E-state index is 0.0568. The molecule has 0 aromatic heterocycles. The number of piperidine rings is 1. The van der Waals surface area contributed by atoms with Crippen molar-refractivity contribution in [1.82, 2.24) is 9.80 Å². The molecule has 2 heterocycles. The number of phenols is 1. The number of rotatable bonds is 3. The van der Waals surface area contributed by atoms with E-state index in [9.17, 15) is 18.7 Å². The number of urea groups is 1. The number of nitrogens with zero attached hydrogens (tertiary/aromatic N) is 2. The summed E-state index contributed by atoms with van der Waals surface area (Å²) in [5, 5.41) is 12.0. The Bertz CT molecular complexity index is 904. The number of aromatic hydroxyl groups is 1. The molecule has 2 N–H and O–H groups in total. The largest absolute Gasteiger partial charge is 0.508 e. The topological polar surface area (TPSA) is 55.8 Å². The van der Waals surface area contributed by atoms with E-state index in [4.69, 9.17) is 0 Å². The highest BCUT2D eigenvalue weighted by atomic mass is 19.1. The minimum Gasteiger partial charge on any atom is -0.508 e. The van der Waals surface area contributed by atoms with Crippen molar-refractivity contribution in [2.75, 3.05) is 25.0 Å². The molecule has 160 valence electrons. The molecule has 1 unspecified atom stereocenters. The fourth-order valence-corrected chi connectivity index (χ4v) is 4.85. The lowest BCUT2D eigenvalue weighted by Gasteiger charge is -2.62. The molecule has 0 radical (unpaired) electrons. The fourth-order valence-electron chi connectivity index (χ4n) is 4.85. The van der Waals surface area contributed by atoms with E-state index in [1.807, 2.05) is 12.1 Å². The average molecular weight is 415 g/mol. The van der Waals surface area contributed by atoms with E-state index in [1.165, 1.54) is 11.6 Å². The van der Waals surface area contributed by atoms with Crippen LogP contribution >= 0.6 is 0 Å². The van der Waals surface area contributed by atoms with E-state index >= 15 is 0 Å². The molecular weight excluding hydrogens is 388 g/mol. The fraction of sp³-hybridized carbons (Fsp3) is 0.435. The van der Waals surface area contributed by atoms with Gasteiger partial charge < -0.3 is 15.3 Å². The summed E-state index contributed by atoms with van der Waals surface area (Å²) in [7, 11) is 0. The number of benzene rings is 2.